The molecule has 4 nitrogen and oxygen atoms in total. The first kappa shape index (κ1) is 40.5. The van der Waals surface area contributed by atoms with E-state index in [1.807, 2.05) is 0 Å². The number of rotatable bonds is 11. The molecular weight excluding hydrogens is 825 g/mol. The fourth-order valence-electron chi connectivity index (χ4n) is 13.0. The molecule has 14 rings (SSSR count). The van der Waals surface area contributed by atoms with Crippen LogP contribution in [0.15, 0.2) is 237 Å². The van der Waals surface area contributed by atoms with Crippen LogP contribution in [0.2, 0.25) is 0 Å². The summed E-state index contributed by atoms with van der Waals surface area (Å²) in [5, 5.41) is 2.46. The van der Waals surface area contributed by atoms with Crippen molar-refractivity contribution in [3.63, 3.8) is 0 Å². The van der Waals surface area contributed by atoms with E-state index < -0.39 is 0 Å². The average molecular weight is 879 g/mol. The topological polar surface area (TPSA) is 14.7 Å². The van der Waals surface area contributed by atoms with Crippen molar-refractivity contribution in [3.8, 4) is 5.69 Å². The number of anilines is 9. The van der Waals surface area contributed by atoms with Crippen LogP contribution in [0, 0.1) is 17.8 Å². The molecule has 0 N–H and O–H groups in total. The number of fused-ring (bicyclic) bond motifs is 3. The number of aromatic nitrogens is 1. The van der Waals surface area contributed by atoms with E-state index in [9.17, 15) is 0 Å². The summed E-state index contributed by atoms with van der Waals surface area (Å²) < 4.78 is 2.41. The molecule has 4 aliphatic carbocycles. The minimum atomic E-state index is 0.351. The highest BCUT2D eigenvalue weighted by Gasteiger charge is 2.51. The lowest BCUT2D eigenvalue weighted by Crippen LogP contribution is -2.48. The summed E-state index contributed by atoms with van der Waals surface area (Å²) >= 11 is 0. The summed E-state index contributed by atoms with van der Waals surface area (Å²) in [6.07, 6.45) is 8.48. The molecule has 4 heteroatoms. The first-order valence-corrected chi connectivity index (χ1v) is 24.6. The van der Waals surface area contributed by atoms with Gasteiger partial charge in [-0.25, -0.2) is 0 Å². The van der Waals surface area contributed by atoms with Crippen LogP contribution in [-0.4, -0.2) is 4.57 Å². The molecule has 1 aromatic heterocycles. The van der Waals surface area contributed by atoms with Gasteiger partial charge >= 0.3 is 0 Å². The summed E-state index contributed by atoms with van der Waals surface area (Å²) in [5.74, 6) is 2.74. The summed E-state index contributed by atoms with van der Waals surface area (Å²) in [4.78, 5) is 7.22. The van der Waals surface area contributed by atoms with Crippen LogP contribution in [0.3, 0.4) is 0 Å². The largest absolute Gasteiger partial charge is 0.310 e. The number of nitrogens with zero attached hydrogens (tertiary/aromatic N) is 4. The van der Waals surface area contributed by atoms with Crippen LogP contribution in [0.1, 0.15) is 44.1 Å². The fraction of sp³-hybridized carbons (Fsp3) is 0.156. The second-order valence-corrected chi connectivity index (χ2v) is 19.7. The van der Waals surface area contributed by atoms with Crippen molar-refractivity contribution >= 4 is 73.0 Å². The molecule has 4 fully saturated rings. The van der Waals surface area contributed by atoms with E-state index >= 15 is 0 Å². The Morgan fingerprint density at radius 2 is 0.676 bits per heavy atom. The highest BCUT2D eigenvalue weighted by molar-refractivity contribution is 6.10. The van der Waals surface area contributed by atoms with Gasteiger partial charge < -0.3 is 19.3 Å². The quantitative estimate of drug-likeness (QED) is 0.129. The van der Waals surface area contributed by atoms with Crippen molar-refractivity contribution in [3.05, 3.63) is 242 Å². The third-order valence-electron chi connectivity index (χ3n) is 15.4. The molecule has 1 heterocycles. The van der Waals surface area contributed by atoms with Gasteiger partial charge in [-0.05, 0) is 183 Å². The van der Waals surface area contributed by atoms with E-state index in [0.717, 1.165) is 74.5 Å². The van der Waals surface area contributed by atoms with Crippen LogP contribution >= 0.6 is 0 Å². The van der Waals surface area contributed by atoms with Gasteiger partial charge in [-0.1, -0.05) is 121 Å². The predicted molar refractivity (Wildman–Crippen MR) is 285 cm³/mol. The van der Waals surface area contributed by atoms with Gasteiger partial charge in [-0.2, -0.15) is 0 Å². The number of hydrogen-bond acceptors (Lipinski definition) is 3. The zero-order valence-electron chi connectivity index (χ0n) is 38.3. The maximum absolute atomic E-state index is 2.48. The lowest BCUT2D eigenvalue weighted by atomic mass is 9.48. The number of para-hydroxylation sites is 5. The minimum Gasteiger partial charge on any atom is -0.310 e. The smallest absolute Gasteiger partial charge is 0.0561 e. The molecule has 0 aliphatic heterocycles. The molecule has 0 atom stereocenters. The van der Waals surface area contributed by atoms with E-state index in [1.165, 1.54) is 60.5 Å². The third kappa shape index (κ3) is 7.14. The Balaban J connectivity index is 0.974. The highest BCUT2D eigenvalue weighted by atomic mass is 15.2. The third-order valence-corrected chi connectivity index (χ3v) is 15.4. The summed E-state index contributed by atoms with van der Waals surface area (Å²) in [7, 11) is 0. The maximum atomic E-state index is 2.48. The maximum Gasteiger partial charge on any atom is 0.0561 e. The molecule has 4 saturated carbocycles. The van der Waals surface area contributed by atoms with Crippen LogP contribution < -0.4 is 14.7 Å². The van der Waals surface area contributed by atoms with Gasteiger partial charge in [0, 0.05) is 67.6 Å². The zero-order valence-corrected chi connectivity index (χ0v) is 38.3. The Labute approximate surface area is 400 Å². The lowest BCUT2D eigenvalue weighted by Gasteiger charge is -2.57. The van der Waals surface area contributed by atoms with E-state index in [2.05, 4.69) is 256 Å². The molecule has 4 bridgehead atoms. The Morgan fingerprint density at radius 3 is 1.18 bits per heavy atom. The molecule has 0 spiro atoms. The monoisotopic (exact) mass is 878 g/mol. The van der Waals surface area contributed by atoms with Crippen LogP contribution in [0.4, 0.5) is 51.2 Å². The molecule has 9 aromatic carbocycles. The van der Waals surface area contributed by atoms with Gasteiger partial charge in [0.1, 0.15) is 0 Å². The van der Waals surface area contributed by atoms with Crippen molar-refractivity contribution in [2.24, 2.45) is 17.8 Å². The van der Waals surface area contributed by atoms with Crippen molar-refractivity contribution in [1.82, 2.24) is 4.57 Å². The molecule has 10 aromatic rings. The second kappa shape index (κ2) is 16.8. The standard InChI is InChI=1S/C64H54N4/c1-5-17-50(18-6-1)65(51-19-7-2-8-20-51)55-25-15-27-57(40-55)67(59-35-36-61-60-29-13-14-30-62(60)68(63(61)42-59)53-23-11-4-12-24-53)58-28-16-26-56(41-58)66(52-21-9-3-10-22-52)54-33-31-49(32-34-54)64-43-46-37-47(44-64)39-48(38-46)45-64/h1-36,40-42,46-48H,37-39,43-45H2. The van der Waals surface area contributed by atoms with Gasteiger partial charge in [-0.15, -0.1) is 0 Å². The van der Waals surface area contributed by atoms with E-state index in [4.69, 9.17) is 0 Å². The van der Waals surface area contributed by atoms with Gasteiger partial charge in [-0.3, -0.25) is 0 Å². The molecule has 0 saturated heterocycles. The van der Waals surface area contributed by atoms with E-state index in [1.54, 1.807) is 5.56 Å². The fourth-order valence-corrected chi connectivity index (χ4v) is 13.0. The van der Waals surface area contributed by atoms with Gasteiger partial charge in [0.25, 0.3) is 0 Å². The van der Waals surface area contributed by atoms with Crippen molar-refractivity contribution in [2.75, 3.05) is 14.7 Å². The molecule has 0 unspecified atom stereocenters. The average Bonchev–Trinajstić information content (AvgIpc) is 3.72. The molecule has 0 radical (unpaired) electrons. The van der Waals surface area contributed by atoms with Crippen molar-refractivity contribution in [1.29, 1.82) is 0 Å². The zero-order chi connectivity index (χ0) is 45.0. The Bertz CT molecular complexity index is 3300. The molecular formula is C64H54N4. The SMILES string of the molecule is c1ccc(N(c2ccccc2)c2cccc(N(c3cccc(N(c4ccccc4)c4ccc(C56CC7CC(CC(C7)C5)C6)cc4)c3)c3ccc4c5ccccc5n(-c5ccccc5)c4c3)c2)cc1. The van der Waals surface area contributed by atoms with Gasteiger partial charge in [0.05, 0.1) is 11.0 Å². The Kier molecular flexibility index (Phi) is 10.00. The molecule has 330 valence electrons. The molecule has 68 heavy (non-hydrogen) atoms. The summed E-state index contributed by atoms with van der Waals surface area (Å²) in [5.41, 5.74) is 15.3. The second-order valence-electron chi connectivity index (χ2n) is 19.7. The first-order valence-electron chi connectivity index (χ1n) is 24.6. The molecule has 4 aliphatic rings. The van der Waals surface area contributed by atoms with E-state index in [-0.39, 0.29) is 0 Å². The first-order chi connectivity index (χ1) is 33.6. The van der Waals surface area contributed by atoms with Crippen LogP contribution in [0.25, 0.3) is 27.5 Å². The molecule has 0 amide bonds. The van der Waals surface area contributed by atoms with E-state index in [0.29, 0.717) is 5.41 Å². The lowest BCUT2D eigenvalue weighted by molar-refractivity contribution is -0.00518. The Morgan fingerprint density at radius 1 is 0.309 bits per heavy atom. The highest BCUT2D eigenvalue weighted by Crippen LogP contribution is 2.61. The number of benzene rings is 9. The summed E-state index contributed by atoms with van der Waals surface area (Å²) in [6, 6.07) is 86.7. The van der Waals surface area contributed by atoms with Gasteiger partial charge in [0.15, 0.2) is 0 Å². The predicted octanol–water partition coefficient (Wildman–Crippen LogP) is 17.7. The number of hydrogen-bond donors (Lipinski definition) is 0. The van der Waals surface area contributed by atoms with Crippen molar-refractivity contribution in [2.45, 2.75) is 43.9 Å². The van der Waals surface area contributed by atoms with Crippen LogP contribution in [-0.2, 0) is 5.41 Å². The normalized spacial score (nSPS) is 19.3. The summed E-state index contributed by atoms with van der Waals surface area (Å²) in [6.45, 7) is 0. The Hall–Kier alpha value is -7.82. The minimum absolute atomic E-state index is 0.351. The van der Waals surface area contributed by atoms with Crippen LogP contribution in [0.5, 0.6) is 0 Å². The van der Waals surface area contributed by atoms with Gasteiger partial charge in [0.2, 0.25) is 0 Å². The van der Waals surface area contributed by atoms with Crippen molar-refractivity contribution < 1.29 is 0 Å².